The summed E-state index contributed by atoms with van der Waals surface area (Å²) in [4.78, 5) is 0. The first-order chi connectivity index (χ1) is 8.31. The first-order valence-corrected chi connectivity index (χ1v) is 7.04. The summed E-state index contributed by atoms with van der Waals surface area (Å²) >= 11 is 0. The highest BCUT2D eigenvalue weighted by Gasteiger charge is 2.22. The van der Waals surface area contributed by atoms with Crippen LogP contribution >= 0.6 is 0 Å². The summed E-state index contributed by atoms with van der Waals surface area (Å²) in [6.45, 7) is 18.3. The Labute approximate surface area is 119 Å². The predicted molar refractivity (Wildman–Crippen MR) is 80.2 cm³/mol. The third kappa shape index (κ3) is 12.2. The van der Waals surface area contributed by atoms with Crippen molar-refractivity contribution in [2.45, 2.75) is 84.5 Å². The lowest BCUT2D eigenvalue weighted by Gasteiger charge is -2.29. The molecule has 0 rings (SSSR count). The lowest BCUT2D eigenvalue weighted by molar-refractivity contribution is -0.0531. The van der Waals surface area contributed by atoms with Gasteiger partial charge in [0.15, 0.2) is 0 Å². The van der Waals surface area contributed by atoms with Crippen molar-refractivity contribution in [3.8, 4) is 0 Å². The standard InChI is InChI=1S/C16H32O3/c1-13(19-14(2,3)4)9-10-16(7,8)18-12-11-15(5,6)17/h17H,1,9-12H2,2-8H3. The van der Waals surface area contributed by atoms with Crippen LogP contribution in [0.3, 0.4) is 0 Å². The molecule has 0 amide bonds. The highest BCUT2D eigenvalue weighted by Crippen LogP contribution is 2.23. The summed E-state index contributed by atoms with van der Waals surface area (Å²) in [7, 11) is 0. The Morgan fingerprint density at radius 1 is 1.00 bits per heavy atom. The second-order valence-corrected chi connectivity index (χ2v) is 7.42. The average Bonchev–Trinajstić information content (AvgIpc) is 2.09. The van der Waals surface area contributed by atoms with E-state index in [9.17, 15) is 5.11 Å². The molecule has 3 heteroatoms. The van der Waals surface area contributed by atoms with Crippen LogP contribution in [-0.2, 0) is 9.47 Å². The van der Waals surface area contributed by atoms with E-state index in [1.807, 2.05) is 20.8 Å². The normalized spacial score (nSPS) is 13.5. The molecular formula is C16H32O3. The molecule has 0 fully saturated rings. The van der Waals surface area contributed by atoms with Crippen molar-refractivity contribution < 1.29 is 14.6 Å². The number of ether oxygens (including phenoxy) is 2. The fraction of sp³-hybridized carbons (Fsp3) is 0.875. The zero-order valence-corrected chi connectivity index (χ0v) is 13.8. The molecule has 0 heterocycles. The average molecular weight is 272 g/mol. The largest absolute Gasteiger partial charge is 0.493 e. The first-order valence-electron chi connectivity index (χ1n) is 7.04. The van der Waals surface area contributed by atoms with Crippen molar-refractivity contribution in [1.82, 2.24) is 0 Å². The zero-order valence-electron chi connectivity index (χ0n) is 13.8. The van der Waals surface area contributed by atoms with Gasteiger partial charge in [0.1, 0.15) is 5.60 Å². The Balaban J connectivity index is 4.00. The Bertz CT molecular complexity index is 279. The predicted octanol–water partition coefficient (Wildman–Crippen LogP) is 4.05. The highest BCUT2D eigenvalue weighted by atomic mass is 16.5. The molecule has 3 nitrogen and oxygen atoms in total. The summed E-state index contributed by atoms with van der Waals surface area (Å²) in [5, 5.41) is 9.65. The van der Waals surface area contributed by atoms with Crippen LogP contribution in [-0.4, -0.2) is 28.5 Å². The number of hydrogen-bond donors (Lipinski definition) is 1. The summed E-state index contributed by atoms with van der Waals surface area (Å²) in [5.74, 6) is 0.798. The molecule has 0 saturated heterocycles. The number of allylic oxidation sites excluding steroid dienone is 1. The van der Waals surface area contributed by atoms with Crippen molar-refractivity contribution in [3.05, 3.63) is 12.3 Å². The second kappa shape index (κ2) is 6.76. The fourth-order valence-electron chi connectivity index (χ4n) is 1.57. The van der Waals surface area contributed by atoms with Gasteiger partial charge in [-0.25, -0.2) is 0 Å². The van der Waals surface area contributed by atoms with Crippen LogP contribution in [0.4, 0.5) is 0 Å². The van der Waals surface area contributed by atoms with Crippen molar-refractivity contribution in [2.24, 2.45) is 0 Å². The van der Waals surface area contributed by atoms with Crippen LogP contribution in [0.15, 0.2) is 12.3 Å². The SMILES string of the molecule is C=C(CCC(C)(C)OCCC(C)(C)O)OC(C)(C)C. The third-order valence-corrected chi connectivity index (χ3v) is 2.66. The van der Waals surface area contributed by atoms with Crippen molar-refractivity contribution in [3.63, 3.8) is 0 Å². The molecule has 0 aliphatic heterocycles. The maximum atomic E-state index is 9.65. The van der Waals surface area contributed by atoms with Gasteiger partial charge in [0.2, 0.25) is 0 Å². The minimum absolute atomic E-state index is 0.191. The van der Waals surface area contributed by atoms with Gasteiger partial charge in [-0.2, -0.15) is 0 Å². The Morgan fingerprint density at radius 2 is 1.53 bits per heavy atom. The molecule has 0 aliphatic carbocycles. The van der Waals surface area contributed by atoms with E-state index < -0.39 is 5.60 Å². The Hall–Kier alpha value is -0.540. The molecular weight excluding hydrogens is 240 g/mol. The van der Waals surface area contributed by atoms with E-state index in [0.29, 0.717) is 13.0 Å². The third-order valence-electron chi connectivity index (χ3n) is 2.66. The van der Waals surface area contributed by atoms with Crippen molar-refractivity contribution in [2.75, 3.05) is 6.61 Å². The summed E-state index contributed by atoms with van der Waals surface area (Å²) < 4.78 is 11.5. The summed E-state index contributed by atoms with van der Waals surface area (Å²) in [6, 6.07) is 0. The monoisotopic (exact) mass is 272 g/mol. The van der Waals surface area contributed by atoms with Crippen LogP contribution in [0.25, 0.3) is 0 Å². The van der Waals surface area contributed by atoms with Crippen LogP contribution in [0, 0.1) is 0 Å². The lowest BCUT2D eigenvalue weighted by Crippen LogP contribution is -2.29. The van der Waals surface area contributed by atoms with E-state index in [1.54, 1.807) is 13.8 Å². The van der Waals surface area contributed by atoms with Gasteiger partial charge in [-0.1, -0.05) is 6.58 Å². The first kappa shape index (κ1) is 18.5. The Kier molecular flexibility index (Phi) is 6.56. The van der Waals surface area contributed by atoms with Gasteiger partial charge >= 0.3 is 0 Å². The van der Waals surface area contributed by atoms with Gasteiger partial charge < -0.3 is 14.6 Å². The van der Waals surface area contributed by atoms with Crippen LogP contribution < -0.4 is 0 Å². The molecule has 0 unspecified atom stereocenters. The van der Waals surface area contributed by atoms with Crippen LogP contribution in [0.2, 0.25) is 0 Å². The zero-order chi connectivity index (χ0) is 15.3. The highest BCUT2D eigenvalue weighted by molar-refractivity contribution is 4.88. The molecule has 0 spiro atoms. The number of aliphatic hydroxyl groups is 1. The molecule has 0 bridgehead atoms. The van der Waals surface area contributed by atoms with E-state index in [-0.39, 0.29) is 11.2 Å². The second-order valence-electron chi connectivity index (χ2n) is 7.42. The van der Waals surface area contributed by atoms with Gasteiger partial charge in [0.05, 0.1) is 23.6 Å². The molecule has 1 N–H and O–H groups in total. The quantitative estimate of drug-likeness (QED) is 0.677. The molecule has 0 saturated carbocycles. The Morgan fingerprint density at radius 3 is 1.95 bits per heavy atom. The smallest absolute Gasteiger partial charge is 0.100 e. The number of hydrogen-bond acceptors (Lipinski definition) is 3. The van der Waals surface area contributed by atoms with E-state index in [0.717, 1.165) is 18.6 Å². The van der Waals surface area contributed by atoms with E-state index in [2.05, 4.69) is 20.4 Å². The lowest BCUT2D eigenvalue weighted by atomic mass is 10.0. The van der Waals surface area contributed by atoms with Gasteiger partial charge in [-0.05, 0) is 61.3 Å². The molecule has 0 aliphatic rings. The summed E-state index contributed by atoms with van der Waals surface area (Å²) in [6.07, 6.45) is 2.27. The minimum atomic E-state index is -0.672. The summed E-state index contributed by atoms with van der Waals surface area (Å²) in [5.41, 5.74) is -1.09. The maximum absolute atomic E-state index is 9.65. The van der Waals surface area contributed by atoms with E-state index in [1.165, 1.54) is 0 Å². The van der Waals surface area contributed by atoms with Crippen molar-refractivity contribution >= 4 is 0 Å². The topological polar surface area (TPSA) is 38.7 Å². The van der Waals surface area contributed by atoms with E-state index >= 15 is 0 Å². The molecule has 0 aromatic carbocycles. The molecule has 0 aromatic heterocycles. The maximum Gasteiger partial charge on any atom is 0.100 e. The van der Waals surface area contributed by atoms with Crippen LogP contribution in [0.1, 0.15) is 67.7 Å². The van der Waals surface area contributed by atoms with Gasteiger partial charge in [-0.3, -0.25) is 0 Å². The minimum Gasteiger partial charge on any atom is -0.493 e. The van der Waals surface area contributed by atoms with Gasteiger partial charge in [0.25, 0.3) is 0 Å². The molecule has 0 radical (unpaired) electrons. The van der Waals surface area contributed by atoms with Gasteiger partial charge in [0, 0.05) is 6.42 Å². The van der Waals surface area contributed by atoms with Crippen molar-refractivity contribution in [1.29, 1.82) is 0 Å². The molecule has 114 valence electrons. The van der Waals surface area contributed by atoms with Gasteiger partial charge in [-0.15, -0.1) is 0 Å². The van der Waals surface area contributed by atoms with Crippen LogP contribution in [0.5, 0.6) is 0 Å². The fourth-order valence-corrected chi connectivity index (χ4v) is 1.57. The van der Waals surface area contributed by atoms with E-state index in [4.69, 9.17) is 9.47 Å². The molecule has 0 atom stereocenters. The molecule has 0 aromatic rings. The molecule has 19 heavy (non-hydrogen) atoms. The number of rotatable bonds is 8.